The smallest absolute Gasteiger partial charge is 0.271 e. The average molecular weight is 383 g/mol. The number of non-ortho nitro benzene ring substituents is 1. The van der Waals surface area contributed by atoms with Crippen LogP contribution in [0.2, 0.25) is 5.02 Å². The first-order valence-corrected chi connectivity index (χ1v) is 8.35. The predicted octanol–water partition coefficient (Wildman–Crippen LogP) is 4.11. The number of carbonyl (C=O) groups excluding carboxylic acids is 1. The minimum atomic E-state index is -0.556. The number of carbonyl (C=O) groups is 1. The van der Waals surface area contributed by atoms with Crippen LogP contribution in [0, 0.1) is 17.0 Å². The number of nitro benzene ring substituents is 1. The highest BCUT2D eigenvalue weighted by molar-refractivity contribution is 6.31. The Bertz CT molecular complexity index is 1040. The fourth-order valence-electron chi connectivity index (χ4n) is 2.45. The van der Waals surface area contributed by atoms with Crippen LogP contribution in [0.3, 0.4) is 0 Å². The molecule has 0 aliphatic rings. The maximum absolute atomic E-state index is 12.1. The van der Waals surface area contributed by atoms with Gasteiger partial charge in [-0.3, -0.25) is 14.9 Å². The van der Waals surface area contributed by atoms with Gasteiger partial charge in [0.1, 0.15) is 0 Å². The Labute approximate surface area is 160 Å². The van der Waals surface area contributed by atoms with Gasteiger partial charge in [0.25, 0.3) is 11.6 Å². The highest BCUT2D eigenvalue weighted by atomic mass is 35.5. The number of halogens is 1. The topological polar surface area (TPSA) is 89.5 Å². The summed E-state index contributed by atoms with van der Waals surface area (Å²) in [6.45, 7) is 1.92. The minimum absolute atomic E-state index is 0.155. The molecule has 3 aromatic rings. The quantitative estimate of drug-likeness (QED) is 0.409. The van der Waals surface area contributed by atoms with Crippen molar-refractivity contribution in [2.24, 2.45) is 5.10 Å². The maximum Gasteiger partial charge on any atom is 0.271 e. The van der Waals surface area contributed by atoms with Crippen LogP contribution < -0.4 is 5.43 Å². The maximum atomic E-state index is 12.1. The van der Waals surface area contributed by atoms with Gasteiger partial charge in [0.15, 0.2) is 0 Å². The first-order chi connectivity index (χ1) is 13.0. The van der Waals surface area contributed by atoms with Crippen LogP contribution in [-0.4, -0.2) is 21.6 Å². The number of aromatic nitrogens is 1. The normalized spacial score (nSPS) is 10.9. The van der Waals surface area contributed by atoms with Crippen LogP contribution in [-0.2, 0) is 0 Å². The molecule has 2 aromatic carbocycles. The molecular weight excluding hydrogens is 368 g/mol. The molecule has 0 saturated heterocycles. The lowest BCUT2D eigenvalue weighted by Crippen LogP contribution is -2.18. The summed E-state index contributed by atoms with van der Waals surface area (Å²) in [5.41, 5.74) is 4.94. The second-order valence-electron chi connectivity index (χ2n) is 5.74. The molecule has 0 radical (unpaired) electrons. The van der Waals surface area contributed by atoms with Crippen molar-refractivity contribution < 1.29 is 9.72 Å². The fraction of sp³-hybridized carbons (Fsp3) is 0.0526. The lowest BCUT2D eigenvalue weighted by molar-refractivity contribution is -0.384. The molecule has 0 bridgehead atoms. The Morgan fingerprint density at radius 3 is 2.78 bits per heavy atom. The summed E-state index contributed by atoms with van der Waals surface area (Å²) in [4.78, 5) is 22.4. The van der Waals surface area contributed by atoms with Gasteiger partial charge in [-0.05, 0) is 42.8 Å². The molecule has 0 unspecified atom stereocenters. The third kappa shape index (κ3) is 4.21. The fourth-order valence-corrected chi connectivity index (χ4v) is 2.62. The number of benzene rings is 2. The molecule has 3 rings (SSSR count). The SMILES string of the molecule is Cc1ccc(-n2cccc2/C=N\NC(=O)c2cccc([N+](=O)[O-])c2)cc1Cl. The van der Waals surface area contributed by atoms with E-state index >= 15 is 0 Å². The number of nitrogens with one attached hydrogen (secondary N) is 1. The molecule has 0 saturated carbocycles. The molecule has 0 aliphatic heterocycles. The number of hydrogen-bond acceptors (Lipinski definition) is 4. The van der Waals surface area contributed by atoms with E-state index in [4.69, 9.17) is 11.6 Å². The predicted molar refractivity (Wildman–Crippen MR) is 104 cm³/mol. The molecule has 27 heavy (non-hydrogen) atoms. The van der Waals surface area contributed by atoms with E-state index < -0.39 is 10.8 Å². The number of hydrogen-bond donors (Lipinski definition) is 1. The molecule has 0 aliphatic carbocycles. The van der Waals surface area contributed by atoms with Gasteiger partial charge in [0, 0.05) is 34.6 Å². The molecule has 1 heterocycles. The first-order valence-electron chi connectivity index (χ1n) is 7.97. The van der Waals surface area contributed by atoms with E-state index in [-0.39, 0.29) is 11.3 Å². The third-order valence-electron chi connectivity index (χ3n) is 3.90. The number of hydrazone groups is 1. The van der Waals surface area contributed by atoms with E-state index in [0.717, 1.165) is 16.9 Å². The standard InChI is InChI=1S/C19H15ClN4O3/c1-13-7-8-15(11-18(13)20)23-9-3-6-17(23)12-21-22-19(25)14-4-2-5-16(10-14)24(26)27/h2-12H,1H3,(H,22,25)/b21-12-. The average Bonchev–Trinajstić information content (AvgIpc) is 3.12. The second-order valence-corrected chi connectivity index (χ2v) is 6.15. The van der Waals surface area contributed by atoms with E-state index in [9.17, 15) is 14.9 Å². The number of amides is 1. The van der Waals surface area contributed by atoms with Crippen molar-refractivity contribution in [2.75, 3.05) is 0 Å². The molecule has 8 heteroatoms. The van der Waals surface area contributed by atoms with Gasteiger partial charge in [-0.25, -0.2) is 5.43 Å². The summed E-state index contributed by atoms with van der Waals surface area (Å²) in [5, 5.41) is 15.4. The highest BCUT2D eigenvalue weighted by Gasteiger charge is 2.11. The van der Waals surface area contributed by atoms with E-state index in [2.05, 4.69) is 10.5 Å². The zero-order chi connectivity index (χ0) is 19.4. The molecular formula is C19H15ClN4O3. The summed E-state index contributed by atoms with van der Waals surface area (Å²) in [6.07, 6.45) is 3.34. The van der Waals surface area contributed by atoms with Crippen molar-refractivity contribution in [3.05, 3.63) is 92.8 Å². The van der Waals surface area contributed by atoms with Crippen LogP contribution in [0.25, 0.3) is 5.69 Å². The number of nitrogens with zero attached hydrogens (tertiary/aromatic N) is 3. The van der Waals surface area contributed by atoms with Gasteiger partial charge < -0.3 is 4.57 Å². The van der Waals surface area contributed by atoms with Crippen LogP contribution in [0.1, 0.15) is 21.6 Å². The summed E-state index contributed by atoms with van der Waals surface area (Å²) in [5.74, 6) is -0.536. The van der Waals surface area contributed by atoms with Gasteiger partial charge in [0.05, 0.1) is 16.8 Å². The van der Waals surface area contributed by atoms with E-state index in [1.807, 2.05) is 48.0 Å². The Hall–Kier alpha value is -3.45. The lowest BCUT2D eigenvalue weighted by atomic mass is 10.2. The zero-order valence-corrected chi connectivity index (χ0v) is 15.1. The van der Waals surface area contributed by atoms with Crippen LogP contribution >= 0.6 is 11.6 Å². The molecule has 136 valence electrons. The van der Waals surface area contributed by atoms with Gasteiger partial charge in [-0.2, -0.15) is 5.10 Å². The van der Waals surface area contributed by atoms with Crippen molar-refractivity contribution >= 4 is 29.4 Å². The van der Waals surface area contributed by atoms with Gasteiger partial charge >= 0.3 is 0 Å². The molecule has 0 atom stereocenters. The van der Waals surface area contributed by atoms with Crippen molar-refractivity contribution in [1.82, 2.24) is 9.99 Å². The Morgan fingerprint density at radius 2 is 2.04 bits per heavy atom. The van der Waals surface area contributed by atoms with E-state index in [1.54, 1.807) is 0 Å². The summed E-state index contributed by atoms with van der Waals surface area (Å²) >= 11 is 6.18. The molecule has 0 fully saturated rings. The second kappa shape index (κ2) is 7.84. The molecule has 1 amide bonds. The largest absolute Gasteiger partial charge is 0.316 e. The summed E-state index contributed by atoms with van der Waals surface area (Å²) in [6, 6.07) is 14.8. The summed E-state index contributed by atoms with van der Waals surface area (Å²) < 4.78 is 1.87. The minimum Gasteiger partial charge on any atom is -0.316 e. The van der Waals surface area contributed by atoms with Gasteiger partial charge in [-0.15, -0.1) is 0 Å². The first kappa shape index (κ1) is 18.3. The molecule has 7 nitrogen and oxygen atoms in total. The number of rotatable bonds is 5. The monoisotopic (exact) mass is 382 g/mol. The lowest BCUT2D eigenvalue weighted by Gasteiger charge is -2.08. The molecule has 1 aromatic heterocycles. The van der Waals surface area contributed by atoms with Crippen molar-refractivity contribution in [3.8, 4) is 5.69 Å². The number of nitro groups is 1. The zero-order valence-electron chi connectivity index (χ0n) is 14.3. The third-order valence-corrected chi connectivity index (χ3v) is 4.30. The summed E-state index contributed by atoms with van der Waals surface area (Å²) in [7, 11) is 0. The van der Waals surface area contributed by atoms with Crippen LogP contribution in [0.5, 0.6) is 0 Å². The van der Waals surface area contributed by atoms with Crippen molar-refractivity contribution in [1.29, 1.82) is 0 Å². The van der Waals surface area contributed by atoms with Gasteiger partial charge in [0.2, 0.25) is 0 Å². The van der Waals surface area contributed by atoms with Crippen LogP contribution in [0.4, 0.5) is 5.69 Å². The van der Waals surface area contributed by atoms with Crippen molar-refractivity contribution in [3.63, 3.8) is 0 Å². The van der Waals surface area contributed by atoms with E-state index in [1.165, 1.54) is 30.5 Å². The number of aryl methyl sites for hydroxylation is 1. The van der Waals surface area contributed by atoms with Crippen molar-refractivity contribution in [2.45, 2.75) is 6.92 Å². The van der Waals surface area contributed by atoms with Gasteiger partial charge in [-0.1, -0.05) is 23.7 Å². The highest BCUT2D eigenvalue weighted by Crippen LogP contribution is 2.20. The Balaban J connectivity index is 1.75. The molecule has 1 N–H and O–H groups in total. The Morgan fingerprint density at radius 1 is 1.22 bits per heavy atom. The van der Waals surface area contributed by atoms with E-state index in [0.29, 0.717) is 5.02 Å². The Kier molecular flexibility index (Phi) is 5.33. The van der Waals surface area contributed by atoms with Crippen LogP contribution in [0.15, 0.2) is 65.9 Å². The molecule has 0 spiro atoms.